The van der Waals surface area contributed by atoms with E-state index in [0.717, 1.165) is 28.6 Å². The van der Waals surface area contributed by atoms with Gasteiger partial charge in [0, 0.05) is 28.6 Å². The van der Waals surface area contributed by atoms with Crippen molar-refractivity contribution in [1.29, 1.82) is 0 Å². The quantitative estimate of drug-likeness (QED) is 0.634. The maximum atomic E-state index is 13.1. The Labute approximate surface area is 171 Å². The van der Waals surface area contributed by atoms with Gasteiger partial charge in [-0.15, -0.1) is 0 Å². The smallest absolute Gasteiger partial charge is 0.262 e. The average molecular weight is 411 g/mol. The van der Waals surface area contributed by atoms with Crippen LogP contribution in [0.1, 0.15) is 53.0 Å². The maximum absolute atomic E-state index is 13.1. The number of H-pyrrole nitrogens is 1. The molecule has 29 heavy (non-hydrogen) atoms. The molecule has 2 aromatic carbocycles. The van der Waals surface area contributed by atoms with E-state index in [1.54, 1.807) is 13.0 Å². The predicted octanol–water partition coefficient (Wildman–Crippen LogP) is 5.05. The van der Waals surface area contributed by atoms with Crippen LogP contribution < -0.4 is 4.72 Å². The van der Waals surface area contributed by atoms with Crippen LogP contribution in [0.3, 0.4) is 0 Å². The molecule has 5 nitrogen and oxygen atoms in total. The van der Waals surface area contributed by atoms with E-state index in [2.05, 4.69) is 23.6 Å². The van der Waals surface area contributed by atoms with Crippen molar-refractivity contribution < 1.29 is 13.2 Å². The lowest BCUT2D eigenvalue weighted by Crippen LogP contribution is -2.26. The molecule has 1 heterocycles. The number of fused-ring (bicyclic) bond motifs is 3. The second kappa shape index (κ2) is 6.46. The first-order valence-corrected chi connectivity index (χ1v) is 11.2. The van der Waals surface area contributed by atoms with Crippen LogP contribution in [0.15, 0.2) is 35.2 Å². The third kappa shape index (κ3) is 3.46. The molecule has 0 saturated heterocycles. The van der Waals surface area contributed by atoms with Crippen LogP contribution in [0.2, 0.25) is 0 Å². The Kier molecular flexibility index (Phi) is 4.39. The molecule has 152 valence electrons. The number of aryl methyl sites for hydroxylation is 3. The van der Waals surface area contributed by atoms with Gasteiger partial charge < -0.3 is 4.98 Å². The van der Waals surface area contributed by atoms with E-state index < -0.39 is 10.0 Å². The molecule has 0 aliphatic heterocycles. The number of aromatic amines is 1. The number of rotatable bonds is 3. The normalized spacial score (nSPS) is 16.1. The zero-order chi connectivity index (χ0) is 21.1. The number of carbonyl (C=O) groups excluding carboxylic acids is 1. The van der Waals surface area contributed by atoms with E-state index in [0.29, 0.717) is 28.8 Å². The molecule has 1 aliphatic rings. The number of hydrogen-bond acceptors (Lipinski definition) is 3. The zero-order valence-electron chi connectivity index (χ0n) is 17.4. The van der Waals surface area contributed by atoms with Crippen LogP contribution >= 0.6 is 0 Å². The Morgan fingerprint density at radius 3 is 2.45 bits per heavy atom. The van der Waals surface area contributed by atoms with Crippen molar-refractivity contribution in [2.24, 2.45) is 5.41 Å². The summed E-state index contributed by atoms with van der Waals surface area (Å²) in [5, 5.41) is 0.809. The van der Waals surface area contributed by atoms with E-state index >= 15 is 0 Å². The van der Waals surface area contributed by atoms with Gasteiger partial charge in [0.05, 0.1) is 10.6 Å². The van der Waals surface area contributed by atoms with Crippen molar-refractivity contribution in [2.45, 2.75) is 52.4 Å². The summed E-state index contributed by atoms with van der Waals surface area (Å²) in [6.07, 6.45) is 1.27. The fourth-order valence-electron chi connectivity index (χ4n) is 4.24. The monoisotopic (exact) mass is 410 g/mol. The summed E-state index contributed by atoms with van der Waals surface area (Å²) in [5.74, 6) is 0.117. The van der Waals surface area contributed by atoms with Crippen LogP contribution in [-0.4, -0.2) is 19.2 Å². The minimum atomic E-state index is -3.77. The largest absolute Gasteiger partial charge is 0.358 e. The second-order valence-corrected chi connectivity index (χ2v) is 10.7. The molecule has 0 fully saturated rings. The molecule has 0 atom stereocenters. The number of nitrogens with one attached hydrogen (secondary N) is 2. The Morgan fingerprint density at radius 2 is 1.72 bits per heavy atom. The lowest BCUT2D eigenvalue weighted by molar-refractivity contribution is 0.0913. The van der Waals surface area contributed by atoms with Gasteiger partial charge in [0.1, 0.15) is 0 Å². The Balaban J connectivity index is 1.82. The van der Waals surface area contributed by atoms with Crippen molar-refractivity contribution in [3.8, 4) is 0 Å². The molecular weight excluding hydrogens is 384 g/mol. The number of aromatic nitrogens is 1. The molecule has 3 aromatic rings. The maximum Gasteiger partial charge on any atom is 0.262 e. The third-order valence-electron chi connectivity index (χ3n) is 5.67. The molecule has 1 aromatic heterocycles. The minimum absolute atomic E-state index is 0.0981. The summed E-state index contributed by atoms with van der Waals surface area (Å²) >= 11 is 0. The Morgan fingerprint density at radius 1 is 1.00 bits per heavy atom. The lowest BCUT2D eigenvalue weighted by atomic mass is 9.76. The number of anilines is 1. The molecule has 2 N–H and O–H groups in total. The molecule has 4 rings (SSSR count). The van der Waals surface area contributed by atoms with Gasteiger partial charge in [-0.3, -0.25) is 9.52 Å². The van der Waals surface area contributed by atoms with Crippen LogP contribution in [0, 0.1) is 26.2 Å². The first-order valence-electron chi connectivity index (χ1n) is 9.75. The topological polar surface area (TPSA) is 79.0 Å². The molecule has 0 radical (unpaired) electrons. The SMILES string of the molecule is Cc1ccc(C)c(NS(=O)(=O)c2cc3[nH]c4c(c3cc2C)C(=O)CC(C)(C)C4)c1. The van der Waals surface area contributed by atoms with Crippen LogP contribution in [0.4, 0.5) is 5.69 Å². The minimum Gasteiger partial charge on any atom is -0.358 e. The van der Waals surface area contributed by atoms with E-state index in [1.165, 1.54) is 0 Å². The molecule has 0 bridgehead atoms. The third-order valence-corrected chi connectivity index (χ3v) is 7.18. The average Bonchev–Trinajstić information content (AvgIpc) is 2.93. The van der Waals surface area contributed by atoms with Crippen LogP contribution in [0.5, 0.6) is 0 Å². The van der Waals surface area contributed by atoms with Gasteiger partial charge in [-0.05, 0) is 67.5 Å². The lowest BCUT2D eigenvalue weighted by Gasteiger charge is -2.28. The number of carbonyl (C=O) groups is 1. The predicted molar refractivity (Wildman–Crippen MR) is 116 cm³/mol. The molecule has 6 heteroatoms. The van der Waals surface area contributed by atoms with Crippen LogP contribution in [0.25, 0.3) is 10.9 Å². The summed E-state index contributed by atoms with van der Waals surface area (Å²) in [6, 6.07) is 9.14. The Bertz CT molecular complexity index is 1270. The van der Waals surface area contributed by atoms with Gasteiger partial charge in [0.15, 0.2) is 5.78 Å². The highest BCUT2D eigenvalue weighted by Gasteiger charge is 2.34. The van der Waals surface area contributed by atoms with Gasteiger partial charge >= 0.3 is 0 Å². The summed E-state index contributed by atoms with van der Waals surface area (Å²) < 4.78 is 29.0. The van der Waals surface area contributed by atoms with Crippen molar-refractivity contribution in [1.82, 2.24) is 4.98 Å². The fraction of sp³-hybridized carbons (Fsp3) is 0.348. The van der Waals surface area contributed by atoms with E-state index in [1.807, 2.05) is 38.1 Å². The summed E-state index contributed by atoms with van der Waals surface area (Å²) in [5.41, 5.74) is 5.25. The first kappa shape index (κ1) is 19.7. The van der Waals surface area contributed by atoms with Gasteiger partial charge in [0.25, 0.3) is 10.0 Å². The molecule has 0 unspecified atom stereocenters. The van der Waals surface area contributed by atoms with Crippen molar-refractivity contribution in [2.75, 3.05) is 4.72 Å². The Hall–Kier alpha value is -2.60. The van der Waals surface area contributed by atoms with E-state index in [9.17, 15) is 13.2 Å². The standard InChI is InChI=1S/C23H26N2O3S/c1-13-6-7-14(2)17(8-13)25-29(27,28)21-10-18-16(9-15(21)3)22-19(24-18)11-23(4,5)12-20(22)26/h6-10,24-25H,11-12H2,1-5H3. The molecule has 0 spiro atoms. The molecule has 0 saturated carbocycles. The van der Waals surface area contributed by atoms with Gasteiger partial charge in [-0.1, -0.05) is 26.0 Å². The van der Waals surface area contributed by atoms with Crippen molar-refractivity contribution >= 4 is 32.4 Å². The highest BCUT2D eigenvalue weighted by atomic mass is 32.2. The summed E-state index contributed by atoms with van der Waals surface area (Å²) in [4.78, 5) is 16.3. The summed E-state index contributed by atoms with van der Waals surface area (Å²) in [7, 11) is -3.77. The highest BCUT2D eigenvalue weighted by Crippen LogP contribution is 2.39. The van der Waals surface area contributed by atoms with Crippen molar-refractivity contribution in [3.63, 3.8) is 0 Å². The zero-order valence-corrected chi connectivity index (χ0v) is 18.3. The first-order chi connectivity index (χ1) is 13.5. The molecule has 1 aliphatic carbocycles. The molecular formula is C23H26N2O3S. The second-order valence-electron chi connectivity index (χ2n) is 9.01. The van der Waals surface area contributed by atoms with Gasteiger partial charge in [0.2, 0.25) is 0 Å². The number of hydrogen-bond donors (Lipinski definition) is 2. The molecule has 0 amide bonds. The number of ketones is 1. The fourth-order valence-corrected chi connectivity index (χ4v) is 5.61. The number of Topliss-reactive ketones (excluding diaryl/α,β-unsaturated/α-hetero) is 1. The number of sulfonamides is 1. The van der Waals surface area contributed by atoms with Crippen molar-refractivity contribution in [3.05, 3.63) is 58.3 Å². The van der Waals surface area contributed by atoms with E-state index in [4.69, 9.17) is 0 Å². The van der Waals surface area contributed by atoms with Crippen LogP contribution in [-0.2, 0) is 16.4 Å². The van der Waals surface area contributed by atoms with Gasteiger partial charge in [-0.2, -0.15) is 0 Å². The summed E-state index contributed by atoms with van der Waals surface area (Å²) in [6.45, 7) is 9.73. The van der Waals surface area contributed by atoms with Gasteiger partial charge in [-0.25, -0.2) is 8.42 Å². The van der Waals surface area contributed by atoms with E-state index in [-0.39, 0.29) is 16.1 Å². The number of benzene rings is 2. The highest BCUT2D eigenvalue weighted by molar-refractivity contribution is 7.92.